The fourth-order valence-corrected chi connectivity index (χ4v) is 17.4. The third-order valence-electron chi connectivity index (χ3n) is 5.13. The summed E-state index contributed by atoms with van der Waals surface area (Å²) in [5.74, 6) is 0. The van der Waals surface area contributed by atoms with E-state index in [0.717, 1.165) is 0 Å². The van der Waals surface area contributed by atoms with Crippen molar-refractivity contribution < 1.29 is 17.9 Å². The fourth-order valence-electron chi connectivity index (χ4n) is 4.17. The molecule has 2 aromatic carbocycles. The van der Waals surface area contributed by atoms with E-state index in [1.54, 1.807) is 11.1 Å². The first-order chi connectivity index (χ1) is 11.5. The van der Waals surface area contributed by atoms with E-state index in [-0.39, 0.29) is 0 Å². The Morgan fingerprint density at radius 3 is 1.67 bits per heavy atom. The normalized spacial score (nSPS) is 21.0. The Morgan fingerprint density at radius 1 is 0.750 bits per heavy atom. The predicted molar refractivity (Wildman–Crippen MR) is 105 cm³/mol. The van der Waals surface area contributed by atoms with Crippen molar-refractivity contribution in [2.24, 2.45) is 0 Å². The van der Waals surface area contributed by atoms with Crippen LogP contribution in [0.4, 0.5) is 0 Å². The van der Waals surface area contributed by atoms with E-state index >= 15 is 0 Å². The van der Waals surface area contributed by atoms with Crippen molar-refractivity contribution in [1.29, 1.82) is 0 Å². The molecular weight excluding hydrogens is 340 g/mol. The quantitative estimate of drug-likeness (QED) is 0.547. The van der Waals surface area contributed by atoms with Gasteiger partial charge in [-0.1, -0.05) is 0 Å². The molecule has 0 N–H and O–H groups in total. The summed E-state index contributed by atoms with van der Waals surface area (Å²) in [6.45, 7) is 7.65. The van der Waals surface area contributed by atoms with Crippen LogP contribution in [0.25, 0.3) is 12.2 Å². The molecule has 2 unspecified atom stereocenters. The Hall–Kier alpha value is -1.15. The van der Waals surface area contributed by atoms with Gasteiger partial charge in [0, 0.05) is 0 Å². The Balaban J connectivity index is 1.75. The Bertz CT molecular complexity index is 751. The van der Waals surface area contributed by atoms with Crippen LogP contribution in [0.2, 0.25) is 24.0 Å². The number of hydrogen-bond donors (Lipinski definition) is 0. The average molecular weight is 365 g/mol. The van der Waals surface area contributed by atoms with Gasteiger partial charge in [-0.05, 0) is 0 Å². The first-order valence-corrected chi connectivity index (χ1v) is 15.5. The van der Waals surface area contributed by atoms with Crippen molar-refractivity contribution >= 4 is 20.2 Å². The second-order valence-corrected chi connectivity index (χ2v) is 19.1. The van der Waals surface area contributed by atoms with Gasteiger partial charge >= 0.3 is 153 Å². The maximum atomic E-state index is 2.55. The Kier molecular flexibility index (Phi) is 4.28. The van der Waals surface area contributed by atoms with Gasteiger partial charge < -0.3 is 0 Å². The number of fused-ring (bicyclic) bond motifs is 2. The van der Waals surface area contributed by atoms with E-state index < -0.39 is 25.9 Å². The molecule has 2 aromatic rings. The third kappa shape index (κ3) is 3.06. The molecule has 2 aliphatic rings. The Labute approximate surface area is 153 Å². The molecule has 121 valence electrons. The zero-order valence-electron chi connectivity index (χ0n) is 14.8. The van der Waals surface area contributed by atoms with Crippen LogP contribution in [0.1, 0.15) is 30.7 Å². The molecule has 0 saturated heterocycles. The van der Waals surface area contributed by atoms with Gasteiger partial charge in [-0.2, -0.15) is 0 Å². The van der Waals surface area contributed by atoms with Crippen LogP contribution in [0.5, 0.6) is 0 Å². The van der Waals surface area contributed by atoms with Gasteiger partial charge in [-0.3, -0.25) is 0 Å². The molecule has 0 saturated carbocycles. The summed E-state index contributed by atoms with van der Waals surface area (Å²) < 4.78 is 2.96. The molecule has 0 aromatic heterocycles. The molecule has 0 radical (unpaired) electrons. The fraction of sp³-hybridized carbons (Fsp3) is 0.273. The predicted octanol–water partition coefficient (Wildman–Crippen LogP) is 6.44. The second-order valence-electron chi connectivity index (χ2n) is 8.24. The molecule has 4 rings (SSSR count). The zero-order valence-corrected chi connectivity index (χ0v) is 17.4. The van der Waals surface area contributed by atoms with Crippen LogP contribution >= 0.6 is 0 Å². The van der Waals surface area contributed by atoms with Crippen LogP contribution in [0.3, 0.4) is 0 Å². The topological polar surface area (TPSA) is 0 Å². The van der Waals surface area contributed by atoms with Gasteiger partial charge in [0.15, 0.2) is 0 Å². The first-order valence-electron chi connectivity index (χ1n) is 8.93. The van der Waals surface area contributed by atoms with E-state index in [0.29, 0.717) is 8.45 Å². The third-order valence-corrected chi connectivity index (χ3v) is 17.5. The van der Waals surface area contributed by atoms with E-state index in [4.69, 9.17) is 0 Å². The summed E-state index contributed by atoms with van der Waals surface area (Å²) in [7, 11) is -1.09. The van der Waals surface area contributed by atoms with Crippen LogP contribution < -0.4 is 0 Å². The minimum atomic E-state index is -1.39. The summed E-state index contributed by atoms with van der Waals surface area (Å²) in [5.41, 5.74) is 6.11. The van der Waals surface area contributed by atoms with Crippen molar-refractivity contribution in [2.75, 3.05) is 0 Å². The van der Waals surface area contributed by atoms with Crippen molar-refractivity contribution in [3.05, 3.63) is 82.9 Å². The number of allylic oxidation sites excluding steroid dienone is 2. The molecule has 2 heteroatoms. The summed E-state index contributed by atoms with van der Waals surface area (Å²) >= 11 is -1.39. The van der Waals surface area contributed by atoms with E-state index in [9.17, 15) is 0 Å². The summed E-state index contributed by atoms with van der Waals surface area (Å²) in [6, 6.07) is 18.1. The standard InChI is InChI=1S/2C9H7.C4H11Si.Ti/c2*1-2-5-9-7-3-6-8(9)4-1;1-5(2,3)4;/h2*1-7H;1H2,2-4H3;. The van der Waals surface area contributed by atoms with Crippen LogP contribution in [-0.4, -0.2) is 8.07 Å². The van der Waals surface area contributed by atoms with Crippen molar-refractivity contribution in [1.82, 2.24) is 0 Å². The van der Waals surface area contributed by atoms with Gasteiger partial charge in [0.1, 0.15) is 0 Å². The average Bonchev–Trinajstić information content (AvgIpc) is 3.16. The van der Waals surface area contributed by atoms with Gasteiger partial charge in [-0.25, -0.2) is 0 Å². The van der Waals surface area contributed by atoms with Gasteiger partial charge in [0.2, 0.25) is 0 Å². The monoisotopic (exact) mass is 365 g/mol. The summed E-state index contributed by atoms with van der Waals surface area (Å²) in [6.07, 6.45) is 9.83. The van der Waals surface area contributed by atoms with Crippen molar-refractivity contribution in [2.45, 2.75) is 32.4 Å². The molecule has 0 bridgehead atoms. The number of rotatable bonds is 4. The van der Waals surface area contributed by atoms with Crippen LogP contribution in [0.15, 0.2) is 60.7 Å². The molecule has 0 fully saturated rings. The van der Waals surface area contributed by atoms with E-state index in [2.05, 4.69) is 92.5 Å². The summed E-state index contributed by atoms with van der Waals surface area (Å²) in [4.78, 5) is 0. The number of hydrogen-bond acceptors (Lipinski definition) is 0. The SMILES string of the molecule is C[Si](C)(C)[CH2][Ti]([CH]1C=Cc2ccccc21)[CH]1C=Cc2ccccc21. The molecule has 0 nitrogen and oxygen atoms in total. The minimum absolute atomic E-state index is 0.716. The molecule has 0 spiro atoms. The number of benzene rings is 2. The molecule has 0 amide bonds. The van der Waals surface area contributed by atoms with Gasteiger partial charge in [-0.15, -0.1) is 0 Å². The van der Waals surface area contributed by atoms with E-state index in [1.807, 2.05) is 0 Å². The zero-order chi connectivity index (χ0) is 16.7. The van der Waals surface area contributed by atoms with Crippen LogP contribution in [0, 0.1) is 0 Å². The second kappa shape index (κ2) is 6.29. The molecule has 2 atom stereocenters. The van der Waals surface area contributed by atoms with Gasteiger partial charge in [0.05, 0.1) is 0 Å². The molecule has 24 heavy (non-hydrogen) atoms. The van der Waals surface area contributed by atoms with Crippen LogP contribution in [-0.2, 0) is 17.9 Å². The van der Waals surface area contributed by atoms with Crippen molar-refractivity contribution in [3.8, 4) is 0 Å². The molecule has 0 heterocycles. The van der Waals surface area contributed by atoms with Gasteiger partial charge in [0.25, 0.3) is 0 Å². The molecular formula is C22H25SiTi. The Morgan fingerprint density at radius 2 is 1.21 bits per heavy atom. The maximum absolute atomic E-state index is 2.55. The first kappa shape index (κ1) is 16.3. The van der Waals surface area contributed by atoms with Crippen molar-refractivity contribution in [3.63, 3.8) is 0 Å². The molecule has 2 aliphatic carbocycles. The van der Waals surface area contributed by atoms with E-state index in [1.165, 1.54) is 15.5 Å². The summed E-state index contributed by atoms with van der Waals surface area (Å²) in [5, 5.41) is 0. The molecule has 0 aliphatic heterocycles.